The lowest BCUT2D eigenvalue weighted by atomic mass is 10.1. The first kappa shape index (κ1) is 24.0. The van der Waals surface area contributed by atoms with Crippen molar-refractivity contribution < 1.29 is 13.7 Å². The number of hydrogen-bond donors (Lipinski definition) is 3. The molecule has 0 bridgehead atoms. The van der Waals surface area contributed by atoms with Crippen molar-refractivity contribution in [1.82, 2.24) is 21.1 Å². The summed E-state index contributed by atoms with van der Waals surface area (Å²) in [5.74, 6) is 1.94. The average molecular weight is 503 g/mol. The van der Waals surface area contributed by atoms with E-state index < -0.39 is 0 Å². The summed E-state index contributed by atoms with van der Waals surface area (Å²) in [4.78, 5) is 16.5. The maximum atomic E-state index is 12.0. The monoisotopic (exact) mass is 503 g/mol. The van der Waals surface area contributed by atoms with Crippen LogP contribution in [0, 0.1) is 6.92 Å². The highest BCUT2D eigenvalue weighted by molar-refractivity contribution is 14.0. The molecule has 1 amide bonds. The lowest BCUT2D eigenvalue weighted by molar-refractivity contribution is 0.0925. The van der Waals surface area contributed by atoms with E-state index in [9.17, 15) is 4.79 Å². The van der Waals surface area contributed by atoms with E-state index in [1.165, 1.54) is 6.26 Å². The van der Waals surface area contributed by atoms with Crippen molar-refractivity contribution in [2.45, 2.75) is 46.6 Å². The molecule has 0 spiro atoms. The number of carbonyl (C=O) groups excluding carboxylic acids is 1. The topological polar surface area (TPSA) is 105 Å². The summed E-state index contributed by atoms with van der Waals surface area (Å²) in [6.45, 7) is 10.4. The molecule has 9 heteroatoms. The Morgan fingerprint density at radius 2 is 2.00 bits per heavy atom. The van der Waals surface area contributed by atoms with Gasteiger partial charge in [-0.1, -0.05) is 19.0 Å². The largest absolute Gasteiger partial charge is 0.459 e. The fourth-order valence-electron chi connectivity index (χ4n) is 2.36. The van der Waals surface area contributed by atoms with Crippen molar-refractivity contribution >= 4 is 35.8 Å². The van der Waals surface area contributed by atoms with Gasteiger partial charge in [-0.25, -0.2) is 4.99 Å². The molecule has 0 aliphatic carbocycles. The first-order valence-electron chi connectivity index (χ1n) is 9.31. The van der Waals surface area contributed by atoms with Crippen LogP contribution in [0.2, 0.25) is 0 Å². The number of guanidine groups is 1. The van der Waals surface area contributed by atoms with Crippen molar-refractivity contribution in [3.05, 3.63) is 41.2 Å². The number of rotatable bonds is 9. The lowest BCUT2D eigenvalue weighted by Gasteiger charge is -2.11. The van der Waals surface area contributed by atoms with Gasteiger partial charge in [-0.3, -0.25) is 4.79 Å². The van der Waals surface area contributed by atoms with Crippen LogP contribution in [0.15, 0.2) is 32.3 Å². The van der Waals surface area contributed by atoms with Crippen molar-refractivity contribution in [3.63, 3.8) is 0 Å². The molecule has 8 nitrogen and oxygen atoms in total. The van der Waals surface area contributed by atoms with Gasteiger partial charge < -0.3 is 24.9 Å². The highest BCUT2D eigenvalue weighted by Gasteiger charge is 2.11. The van der Waals surface area contributed by atoms with Crippen molar-refractivity contribution in [3.8, 4) is 0 Å². The minimum absolute atomic E-state index is 0. The Kier molecular flexibility index (Phi) is 10.6. The average Bonchev–Trinajstić information content (AvgIpc) is 3.28. The Bertz CT molecular complexity index is 754. The molecule has 0 saturated heterocycles. The van der Waals surface area contributed by atoms with Crippen LogP contribution in [0.5, 0.6) is 0 Å². The number of carbonyl (C=O) groups is 1. The predicted octanol–water partition coefficient (Wildman–Crippen LogP) is 3.19. The molecule has 0 saturated carbocycles. The molecule has 0 aliphatic heterocycles. The van der Waals surface area contributed by atoms with Crippen LogP contribution >= 0.6 is 24.0 Å². The van der Waals surface area contributed by atoms with Gasteiger partial charge in [0.15, 0.2) is 17.5 Å². The quantitative estimate of drug-likeness (QED) is 0.210. The van der Waals surface area contributed by atoms with Gasteiger partial charge >= 0.3 is 0 Å². The second kappa shape index (κ2) is 12.4. The SMILES string of the molecule is CCNC(=NCc1cc(C(C)C)no1)NCCCNC(=O)c1occc1C.I. The molecule has 2 aromatic rings. The molecule has 0 fully saturated rings. The Morgan fingerprint density at radius 1 is 1.25 bits per heavy atom. The Hall–Kier alpha value is -2.04. The Labute approximate surface area is 182 Å². The third-order valence-electron chi connectivity index (χ3n) is 3.91. The van der Waals surface area contributed by atoms with Crippen molar-refractivity contribution in [1.29, 1.82) is 0 Å². The summed E-state index contributed by atoms with van der Waals surface area (Å²) in [5, 5.41) is 13.3. The van der Waals surface area contributed by atoms with Gasteiger partial charge in [0, 0.05) is 31.3 Å². The van der Waals surface area contributed by atoms with Crippen LogP contribution in [-0.4, -0.2) is 36.7 Å². The van der Waals surface area contributed by atoms with Crippen LogP contribution in [0.3, 0.4) is 0 Å². The molecule has 156 valence electrons. The molecule has 28 heavy (non-hydrogen) atoms. The van der Waals surface area contributed by atoms with Crippen molar-refractivity contribution in [2.24, 2.45) is 4.99 Å². The third-order valence-corrected chi connectivity index (χ3v) is 3.91. The predicted molar refractivity (Wildman–Crippen MR) is 119 cm³/mol. The van der Waals surface area contributed by atoms with Gasteiger partial charge in [-0.15, -0.1) is 24.0 Å². The maximum Gasteiger partial charge on any atom is 0.287 e. The molecule has 2 aromatic heterocycles. The number of hydrogen-bond acceptors (Lipinski definition) is 5. The normalized spacial score (nSPS) is 11.2. The first-order valence-corrected chi connectivity index (χ1v) is 9.31. The molecule has 0 aromatic carbocycles. The second-order valence-electron chi connectivity index (χ2n) is 6.54. The standard InChI is InChI=1S/C19H29N5O3.HI/c1-5-20-19(23-12-15-11-16(13(2)3)24-27-15)22-9-6-8-21-18(25)17-14(4)7-10-26-17;/h7,10-11,13H,5-6,8-9,12H2,1-4H3,(H,21,25)(H2,20,22,23);1H. The highest BCUT2D eigenvalue weighted by Crippen LogP contribution is 2.14. The van der Waals surface area contributed by atoms with Crippen LogP contribution in [0.25, 0.3) is 0 Å². The molecule has 2 rings (SSSR count). The third kappa shape index (κ3) is 7.53. The van der Waals surface area contributed by atoms with Gasteiger partial charge in [0.05, 0.1) is 12.0 Å². The van der Waals surface area contributed by atoms with Crippen LogP contribution in [0.4, 0.5) is 0 Å². The van der Waals surface area contributed by atoms with E-state index in [4.69, 9.17) is 8.94 Å². The number of aryl methyl sites for hydroxylation is 1. The van der Waals surface area contributed by atoms with Gasteiger partial charge in [-0.2, -0.15) is 0 Å². The molecule has 3 N–H and O–H groups in total. The van der Waals surface area contributed by atoms with Crippen LogP contribution in [-0.2, 0) is 6.54 Å². The first-order chi connectivity index (χ1) is 13.0. The zero-order valence-electron chi connectivity index (χ0n) is 16.9. The Balaban J connectivity index is 0.00000392. The molecule has 2 heterocycles. The molecular formula is C19H30IN5O3. The number of aromatic nitrogens is 1. The molecule has 0 aliphatic rings. The van der Waals surface area contributed by atoms with E-state index in [1.54, 1.807) is 6.07 Å². The molecular weight excluding hydrogens is 473 g/mol. The van der Waals surface area contributed by atoms with Gasteiger partial charge in [0.2, 0.25) is 0 Å². The van der Waals surface area contributed by atoms with E-state index in [1.807, 2.05) is 19.9 Å². The maximum absolute atomic E-state index is 12.0. The zero-order valence-corrected chi connectivity index (χ0v) is 19.2. The minimum atomic E-state index is -0.190. The fourth-order valence-corrected chi connectivity index (χ4v) is 2.36. The summed E-state index contributed by atoms with van der Waals surface area (Å²) in [6, 6.07) is 3.71. The van der Waals surface area contributed by atoms with E-state index in [0.29, 0.717) is 37.3 Å². The Morgan fingerprint density at radius 3 is 2.61 bits per heavy atom. The smallest absolute Gasteiger partial charge is 0.287 e. The van der Waals surface area contributed by atoms with Gasteiger partial charge in [0.1, 0.15) is 6.54 Å². The molecule has 0 atom stereocenters. The van der Waals surface area contributed by atoms with E-state index in [-0.39, 0.29) is 29.9 Å². The van der Waals surface area contributed by atoms with Crippen LogP contribution < -0.4 is 16.0 Å². The second-order valence-corrected chi connectivity index (χ2v) is 6.54. The fraction of sp³-hybridized carbons (Fsp3) is 0.526. The van der Waals surface area contributed by atoms with E-state index in [0.717, 1.165) is 30.0 Å². The number of aliphatic imine (C=N–C) groups is 1. The number of halogens is 1. The highest BCUT2D eigenvalue weighted by atomic mass is 127. The lowest BCUT2D eigenvalue weighted by Crippen LogP contribution is -2.38. The number of nitrogens with one attached hydrogen (secondary N) is 3. The van der Waals surface area contributed by atoms with E-state index >= 15 is 0 Å². The summed E-state index contributed by atoms with van der Waals surface area (Å²) in [7, 11) is 0. The number of furan rings is 1. The summed E-state index contributed by atoms with van der Waals surface area (Å²) in [6.07, 6.45) is 2.28. The summed E-state index contributed by atoms with van der Waals surface area (Å²) in [5.41, 5.74) is 1.76. The summed E-state index contributed by atoms with van der Waals surface area (Å²) < 4.78 is 10.5. The number of amides is 1. The number of nitrogens with zero attached hydrogens (tertiary/aromatic N) is 2. The molecule has 0 radical (unpaired) electrons. The summed E-state index contributed by atoms with van der Waals surface area (Å²) >= 11 is 0. The van der Waals surface area contributed by atoms with Crippen molar-refractivity contribution in [2.75, 3.05) is 19.6 Å². The van der Waals surface area contributed by atoms with E-state index in [2.05, 4.69) is 39.9 Å². The van der Waals surface area contributed by atoms with Crippen LogP contribution in [0.1, 0.15) is 60.7 Å². The van der Waals surface area contributed by atoms with Gasteiger partial charge in [-0.05, 0) is 32.3 Å². The van der Waals surface area contributed by atoms with Gasteiger partial charge in [0.25, 0.3) is 5.91 Å². The zero-order chi connectivity index (χ0) is 19.6. The minimum Gasteiger partial charge on any atom is -0.459 e. The molecule has 0 unspecified atom stereocenters.